The molecule has 0 radical (unpaired) electrons. The van der Waals surface area contributed by atoms with E-state index in [1.807, 2.05) is 60.7 Å². The highest BCUT2D eigenvalue weighted by Crippen LogP contribution is 2.20. The lowest BCUT2D eigenvalue weighted by atomic mass is 10.1. The van der Waals surface area contributed by atoms with Crippen LogP contribution in [0.25, 0.3) is 0 Å². The summed E-state index contributed by atoms with van der Waals surface area (Å²) in [6, 6.07) is 33.4. The Labute approximate surface area is 211 Å². The maximum absolute atomic E-state index is 13.0. The van der Waals surface area contributed by atoms with Gasteiger partial charge in [0.05, 0.1) is 0 Å². The molecule has 0 fully saturated rings. The predicted molar refractivity (Wildman–Crippen MR) is 138 cm³/mol. The molecule has 0 heterocycles. The third-order valence-corrected chi connectivity index (χ3v) is 6.77. The van der Waals surface area contributed by atoms with Gasteiger partial charge in [-0.3, -0.25) is 4.79 Å². The number of hydrogen-bond acceptors (Lipinski definition) is 6. The highest BCUT2D eigenvalue weighted by Gasteiger charge is 2.21. The number of carbonyl (C=O) groups is 1. The van der Waals surface area contributed by atoms with Gasteiger partial charge >= 0.3 is 16.1 Å². The lowest BCUT2D eigenvalue weighted by Crippen LogP contribution is -2.39. The molecule has 0 bridgehead atoms. The first-order chi connectivity index (χ1) is 17.5. The van der Waals surface area contributed by atoms with E-state index >= 15 is 0 Å². The molecule has 0 aliphatic heterocycles. The molecule has 7 heteroatoms. The Morgan fingerprint density at radius 1 is 0.694 bits per heavy atom. The summed E-state index contributed by atoms with van der Waals surface area (Å²) in [5.41, 5.74) is 2.80. The van der Waals surface area contributed by atoms with Gasteiger partial charge in [0.2, 0.25) is 0 Å². The quantitative estimate of drug-likeness (QED) is 0.233. The summed E-state index contributed by atoms with van der Waals surface area (Å²) in [5, 5.41) is 3.29. The molecule has 4 aromatic carbocycles. The third kappa shape index (κ3) is 7.28. The van der Waals surface area contributed by atoms with E-state index in [0.29, 0.717) is 13.0 Å². The summed E-state index contributed by atoms with van der Waals surface area (Å²) in [6.07, 6.45) is 0.367. The molecule has 184 valence electrons. The minimum Gasteiger partial charge on any atom is -0.460 e. The van der Waals surface area contributed by atoms with Crippen LogP contribution in [0.4, 0.5) is 0 Å². The lowest BCUT2D eigenvalue weighted by molar-refractivity contribution is -0.147. The van der Waals surface area contributed by atoms with Crippen LogP contribution >= 0.6 is 0 Å². The number of benzene rings is 4. The predicted octanol–water partition coefficient (Wildman–Crippen LogP) is 4.90. The van der Waals surface area contributed by atoms with Crippen LogP contribution in [0.5, 0.6) is 5.75 Å². The van der Waals surface area contributed by atoms with E-state index in [-0.39, 0.29) is 23.2 Å². The van der Waals surface area contributed by atoms with Crippen molar-refractivity contribution in [3.63, 3.8) is 0 Å². The maximum atomic E-state index is 13.0. The van der Waals surface area contributed by atoms with Crippen LogP contribution in [0.2, 0.25) is 0 Å². The van der Waals surface area contributed by atoms with Crippen molar-refractivity contribution >= 4 is 16.1 Å². The minimum atomic E-state index is -3.92. The summed E-state index contributed by atoms with van der Waals surface area (Å²) < 4.78 is 35.8. The van der Waals surface area contributed by atoms with Crippen LogP contribution in [0.3, 0.4) is 0 Å². The molecule has 0 spiro atoms. The molecule has 4 aromatic rings. The average molecular weight is 502 g/mol. The second-order valence-electron chi connectivity index (χ2n) is 8.21. The first-order valence-electron chi connectivity index (χ1n) is 11.6. The smallest absolute Gasteiger partial charge is 0.339 e. The van der Waals surface area contributed by atoms with Crippen molar-refractivity contribution in [1.82, 2.24) is 5.32 Å². The van der Waals surface area contributed by atoms with E-state index in [4.69, 9.17) is 8.92 Å². The van der Waals surface area contributed by atoms with Crippen molar-refractivity contribution < 1.29 is 22.1 Å². The van der Waals surface area contributed by atoms with Gasteiger partial charge in [0.25, 0.3) is 0 Å². The van der Waals surface area contributed by atoms with Gasteiger partial charge in [0, 0.05) is 6.54 Å². The molecule has 0 amide bonds. The van der Waals surface area contributed by atoms with E-state index < -0.39 is 16.2 Å². The van der Waals surface area contributed by atoms with Crippen molar-refractivity contribution in [3.8, 4) is 5.75 Å². The largest absolute Gasteiger partial charge is 0.460 e. The molecule has 36 heavy (non-hydrogen) atoms. The molecule has 0 aromatic heterocycles. The Bertz CT molecular complexity index is 1340. The Balaban J connectivity index is 1.43. The van der Waals surface area contributed by atoms with Gasteiger partial charge in [0.15, 0.2) is 0 Å². The first-order valence-corrected chi connectivity index (χ1v) is 13.0. The number of hydrogen-bond donors (Lipinski definition) is 1. The van der Waals surface area contributed by atoms with E-state index in [1.165, 1.54) is 12.1 Å². The zero-order chi connectivity index (χ0) is 25.2. The van der Waals surface area contributed by atoms with Crippen molar-refractivity contribution in [3.05, 3.63) is 132 Å². The zero-order valence-electron chi connectivity index (χ0n) is 19.6. The van der Waals surface area contributed by atoms with Crippen molar-refractivity contribution in [2.45, 2.75) is 30.5 Å². The zero-order valence-corrected chi connectivity index (χ0v) is 20.4. The SMILES string of the molecule is O=C(OCc1ccccc1)C(Cc1ccc(OS(=O)(=O)c2ccccc2)cc1)NCc1ccccc1. The topological polar surface area (TPSA) is 81.7 Å². The number of carbonyl (C=O) groups excluding carboxylic acids is 1. The van der Waals surface area contributed by atoms with Gasteiger partial charge in [-0.1, -0.05) is 91.0 Å². The summed E-state index contributed by atoms with van der Waals surface area (Å²) in [5.74, 6) is -0.162. The van der Waals surface area contributed by atoms with Crippen LogP contribution in [-0.4, -0.2) is 20.4 Å². The summed E-state index contributed by atoms with van der Waals surface area (Å²) >= 11 is 0. The van der Waals surface area contributed by atoms with Crippen LogP contribution < -0.4 is 9.50 Å². The monoisotopic (exact) mass is 501 g/mol. The Hall–Kier alpha value is -3.94. The molecule has 6 nitrogen and oxygen atoms in total. The van der Waals surface area contributed by atoms with Gasteiger partial charge < -0.3 is 14.2 Å². The van der Waals surface area contributed by atoms with E-state index in [9.17, 15) is 13.2 Å². The maximum Gasteiger partial charge on any atom is 0.339 e. The number of nitrogens with one attached hydrogen (secondary N) is 1. The second-order valence-corrected chi connectivity index (χ2v) is 9.76. The molecular weight excluding hydrogens is 474 g/mol. The lowest BCUT2D eigenvalue weighted by Gasteiger charge is -2.18. The van der Waals surface area contributed by atoms with Gasteiger partial charge in [-0.25, -0.2) is 0 Å². The molecule has 1 N–H and O–H groups in total. The van der Waals surface area contributed by atoms with Crippen molar-refractivity contribution in [2.24, 2.45) is 0 Å². The highest BCUT2D eigenvalue weighted by atomic mass is 32.2. The van der Waals surface area contributed by atoms with Crippen molar-refractivity contribution in [1.29, 1.82) is 0 Å². The number of esters is 1. The summed E-state index contributed by atoms with van der Waals surface area (Å²) in [7, 11) is -3.92. The van der Waals surface area contributed by atoms with Crippen LogP contribution in [0, 0.1) is 0 Å². The van der Waals surface area contributed by atoms with Gasteiger partial charge in [-0.05, 0) is 47.4 Å². The molecule has 0 aliphatic rings. The van der Waals surface area contributed by atoms with Crippen LogP contribution in [0.15, 0.2) is 120 Å². The fourth-order valence-corrected chi connectivity index (χ4v) is 4.53. The Morgan fingerprint density at radius 2 is 1.25 bits per heavy atom. The summed E-state index contributed by atoms with van der Waals surface area (Å²) in [4.78, 5) is 13.0. The Morgan fingerprint density at radius 3 is 1.86 bits per heavy atom. The molecular formula is C29H27NO5S. The number of rotatable bonds is 11. The van der Waals surface area contributed by atoms with Crippen LogP contribution in [-0.2, 0) is 39.2 Å². The molecule has 0 saturated carbocycles. The first kappa shape index (κ1) is 25.2. The van der Waals surface area contributed by atoms with Gasteiger partial charge in [0.1, 0.15) is 23.3 Å². The highest BCUT2D eigenvalue weighted by molar-refractivity contribution is 7.87. The minimum absolute atomic E-state index is 0.0837. The second kappa shape index (κ2) is 12.2. The molecule has 1 atom stereocenters. The fraction of sp³-hybridized carbons (Fsp3) is 0.138. The molecule has 0 aliphatic carbocycles. The van der Waals surface area contributed by atoms with Gasteiger partial charge in [-0.2, -0.15) is 8.42 Å². The van der Waals surface area contributed by atoms with Gasteiger partial charge in [-0.15, -0.1) is 0 Å². The molecule has 4 rings (SSSR count). The molecule has 1 unspecified atom stereocenters. The third-order valence-electron chi connectivity index (χ3n) is 5.50. The normalized spacial score (nSPS) is 12.0. The average Bonchev–Trinajstić information content (AvgIpc) is 2.92. The standard InChI is InChI=1S/C29H27NO5S/c31-29(34-22-25-12-6-2-7-13-25)28(30-21-24-10-4-1-5-11-24)20-23-16-18-26(19-17-23)35-36(32,33)27-14-8-3-9-15-27/h1-19,28,30H,20-22H2. The van der Waals surface area contributed by atoms with Crippen molar-refractivity contribution in [2.75, 3.05) is 0 Å². The van der Waals surface area contributed by atoms with E-state index in [1.54, 1.807) is 42.5 Å². The Kier molecular flexibility index (Phi) is 8.49. The summed E-state index contributed by atoms with van der Waals surface area (Å²) in [6.45, 7) is 0.690. The van der Waals surface area contributed by atoms with Crippen LogP contribution in [0.1, 0.15) is 16.7 Å². The van der Waals surface area contributed by atoms with E-state index in [2.05, 4.69) is 5.32 Å². The fourth-order valence-electron chi connectivity index (χ4n) is 3.58. The van der Waals surface area contributed by atoms with E-state index in [0.717, 1.165) is 16.7 Å². The number of ether oxygens (including phenoxy) is 1. The molecule has 0 saturated heterocycles.